The molecule has 1 aromatic rings. The molecule has 0 radical (unpaired) electrons. The van der Waals surface area contributed by atoms with E-state index in [0.717, 1.165) is 17.5 Å². The van der Waals surface area contributed by atoms with Crippen molar-refractivity contribution in [1.82, 2.24) is 5.32 Å². The molecule has 5 heteroatoms. The van der Waals surface area contributed by atoms with Crippen LogP contribution in [0, 0.1) is 18.8 Å². The van der Waals surface area contributed by atoms with Crippen molar-refractivity contribution in [2.45, 2.75) is 32.8 Å². The number of amides is 1. The number of carboxylic acid groups (broad SMARTS) is 1. The maximum absolute atomic E-state index is 11.9. The van der Waals surface area contributed by atoms with Gasteiger partial charge in [-0.2, -0.15) is 0 Å². The van der Waals surface area contributed by atoms with E-state index in [1.165, 1.54) is 0 Å². The molecule has 3 unspecified atom stereocenters. The van der Waals surface area contributed by atoms with Gasteiger partial charge in [0, 0.05) is 13.2 Å². The third-order valence-electron chi connectivity index (χ3n) is 3.89. The zero-order valence-corrected chi connectivity index (χ0v) is 13.0. The zero-order chi connectivity index (χ0) is 16.1. The number of aliphatic carboxylic acids is 1. The Morgan fingerprint density at radius 3 is 2.86 bits per heavy atom. The Bertz CT molecular complexity index is 543. The molecule has 0 saturated heterocycles. The minimum atomic E-state index is -0.890. The lowest BCUT2D eigenvalue weighted by Gasteiger charge is -2.14. The number of ether oxygens (including phenoxy) is 1. The van der Waals surface area contributed by atoms with Gasteiger partial charge in [0.05, 0.1) is 17.9 Å². The predicted molar refractivity (Wildman–Crippen MR) is 82.5 cm³/mol. The van der Waals surface area contributed by atoms with Gasteiger partial charge in [0.15, 0.2) is 0 Å². The Kier molecular flexibility index (Phi) is 5.55. The number of hydrogen-bond acceptors (Lipinski definition) is 3. The van der Waals surface area contributed by atoms with Crippen molar-refractivity contribution in [3.63, 3.8) is 0 Å². The van der Waals surface area contributed by atoms with Crippen molar-refractivity contribution in [1.29, 1.82) is 0 Å². The minimum absolute atomic E-state index is 0.00468. The highest BCUT2D eigenvalue weighted by Gasteiger charge is 2.44. The molecular weight excluding hydrogens is 282 g/mol. The summed E-state index contributed by atoms with van der Waals surface area (Å²) >= 11 is 0. The third kappa shape index (κ3) is 4.56. The maximum Gasteiger partial charge on any atom is 0.308 e. The summed E-state index contributed by atoms with van der Waals surface area (Å²) in [5.74, 6) is -1.73. The fourth-order valence-corrected chi connectivity index (χ4v) is 2.57. The lowest BCUT2D eigenvalue weighted by molar-refractivity contribution is -0.141. The van der Waals surface area contributed by atoms with Gasteiger partial charge in [0.2, 0.25) is 5.91 Å². The average Bonchev–Trinajstić information content (AvgIpc) is 3.22. The summed E-state index contributed by atoms with van der Waals surface area (Å²) in [7, 11) is 0. The summed E-state index contributed by atoms with van der Waals surface area (Å²) in [6, 6.07) is 7.78. The molecule has 1 aliphatic carbocycles. The third-order valence-corrected chi connectivity index (χ3v) is 3.89. The van der Waals surface area contributed by atoms with Gasteiger partial charge in [-0.1, -0.05) is 29.8 Å². The second-order valence-electron chi connectivity index (χ2n) is 5.81. The molecule has 0 heterocycles. The molecule has 0 aliphatic heterocycles. The molecule has 120 valence electrons. The standard InChI is InChI=1S/C17H23NO4/c1-3-22-15-9-14(15)16(19)18-10-13(17(20)21)8-12-6-4-5-11(2)7-12/h4-7,13-15H,3,8-10H2,1-2H3,(H,18,19)(H,20,21). The minimum Gasteiger partial charge on any atom is -0.481 e. The molecule has 0 spiro atoms. The molecule has 22 heavy (non-hydrogen) atoms. The summed E-state index contributed by atoms with van der Waals surface area (Å²) < 4.78 is 5.37. The van der Waals surface area contributed by atoms with Gasteiger partial charge in [-0.3, -0.25) is 9.59 Å². The van der Waals surface area contributed by atoms with E-state index in [0.29, 0.717) is 13.0 Å². The Morgan fingerprint density at radius 2 is 2.23 bits per heavy atom. The van der Waals surface area contributed by atoms with Crippen LogP contribution in [-0.4, -0.2) is 36.2 Å². The Labute approximate surface area is 130 Å². The Balaban J connectivity index is 1.85. The molecule has 1 amide bonds. The molecule has 1 aliphatic rings. The maximum atomic E-state index is 11.9. The molecule has 0 aromatic heterocycles. The Hall–Kier alpha value is -1.88. The molecule has 1 saturated carbocycles. The van der Waals surface area contributed by atoms with Crippen LogP contribution in [0.4, 0.5) is 0 Å². The summed E-state index contributed by atoms with van der Waals surface area (Å²) in [6.07, 6.45) is 1.15. The molecule has 2 N–H and O–H groups in total. The molecule has 1 fully saturated rings. The predicted octanol–water partition coefficient (Wildman–Crippen LogP) is 1.78. The first kappa shape index (κ1) is 16.5. The van der Waals surface area contributed by atoms with E-state index in [9.17, 15) is 14.7 Å². The van der Waals surface area contributed by atoms with Gasteiger partial charge in [0.25, 0.3) is 0 Å². The summed E-state index contributed by atoms with van der Waals surface area (Å²) in [4.78, 5) is 23.3. The second kappa shape index (κ2) is 7.40. The van der Waals surface area contributed by atoms with E-state index in [2.05, 4.69) is 5.32 Å². The SMILES string of the molecule is CCOC1CC1C(=O)NCC(Cc1cccc(C)c1)C(=O)O. The lowest BCUT2D eigenvalue weighted by Crippen LogP contribution is -2.35. The smallest absolute Gasteiger partial charge is 0.308 e. The zero-order valence-electron chi connectivity index (χ0n) is 13.0. The number of aryl methyl sites for hydroxylation is 1. The van der Waals surface area contributed by atoms with Crippen LogP contribution in [0.15, 0.2) is 24.3 Å². The largest absolute Gasteiger partial charge is 0.481 e. The van der Waals surface area contributed by atoms with E-state index in [1.54, 1.807) is 0 Å². The van der Waals surface area contributed by atoms with Gasteiger partial charge in [-0.15, -0.1) is 0 Å². The number of rotatable bonds is 8. The molecule has 5 nitrogen and oxygen atoms in total. The lowest BCUT2D eigenvalue weighted by atomic mass is 9.98. The van der Waals surface area contributed by atoms with Gasteiger partial charge >= 0.3 is 5.97 Å². The number of carboxylic acids is 1. The summed E-state index contributed by atoms with van der Waals surface area (Å²) in [5, 5.41) is 12.1. The van der Waals surface area contributed by atoms with Crippen molar-refractivity contribution in [3.8, 4) is 0 Å². The van der Waals surface area contributed by atoms with Crippen molar-refractivity contribution >= 4 is 11.9 Å². The van der Waals surface area contributed by atoms with Crippen LogP contribution in [0.25, 0.3) is 0 Å². The van der Waals surface area contributed by atoms with Gasteiger partial charge in [-0.05, 0) is 32.3 Å². The molecular formula is C17H23NO4. The average molecular weight is 305 g/mol. The van der Waals surface area contributed by atoms with Crippen LogP contribution in [0.3, 0.4) is 0 Å². The highest BCUT2D eigenvalue weighted by Crippen LogP contribution is 2.33. The molecule has 2 rings (SSSR count). The van der Waals surface area contributed by atoms with E-state index in [-0.39, 0.29) is 24.5 Å². The van der Waals surface area contributed by atoms with Crippen LogP contribution in [0.1, 0.15) is 24.5 Å². The molecule has 1 aromatic carbocycles. The molecule has 0 bridgehead atoms. The van der Waals surface area contributed by atoms with Gasteiger partial charge in [0.1, 0.15) is 0 Å². The molecule has 3 atom stereocenters. The van der Waals surface area contributed by atoms with E-state index in [4.69, 9.17) is 4.74 Å². The number of carbonyl (C=O) groups is 2. The van der Waals surface area contributed by atoms with E-state index in [1.807, 2.05) is 38.1 Å². The first-order valence-corrected chi connectivity index (χ1v) is 7.69. The van der Waals surface area contributed by atoms with Crippen molar-refractivity contribution in [2.24, 2.45) is 11.8 Å². The first-order valence-electron chi connectivity index (χ1n) is 7.69. The van der Waals surface area contributed by atoms with Crippen LogP contribution in [0.2, 0.25) is 0 Å². The fraction of sp³-hybridized carbons (Fsp3) is 0.529. The van der Waals surface area contributed by atoms with Crippen LogP contribution in [-0.2, 0) is 20.7 Å². The number of carbonyl (C=O) groups excluding carboxylic acids is 1. The van der Waals surface area contributed by atoms with Crippen molar-refractivity contribution < 1.29 is 19.4 Å². The summed E-state index contributed by atoms with van der Waals surface area (Å²) in [5.41, 5.74) is 2.07. The van der Waals surface area contributed by atoms with E-state index < -0.39 is 11.9 Å². The number of nitrogens with one attached hydrogen (secondary N) is 1. The Morgan fingerprint density at radius 1 is 1.45 bits per heavy atom. The number of benzene rings is 1. The summed E-state index contributed by atoms with van der Waals surface area (Å²) in [6.45, 7) is 4.62. The highest BCUT2D eigenvalue weighted by atomic mass is 16.5. The van der Waals surface area contributed by atoms with Gasteiger partial charge < -0.3 is 15.2 Å². The monoisotopic (exact) mass is 305 g/mol. The van der Waals surface area contributed by atoms with Crippen LogP contribution >= 0.6 is 0 Å². The van der Waals surface area contributed by atoms with Crippen molar-refractivity contribution in [3.05, 3.63) is 35.4 Å². The fourth-order valence-electron chi connectivity index (χ4n) is 2.57. The van der Waals surface area contributed by atoms with E-state index >= 15 is 0 Å². The van der Waals surface area contributed by atoms with Crippen LogP contribution in [0.5, 0.6) is 0 Å². The second-order valence-corrected chi connectivity index (χ2v) is 5.81. The first-order chi connectivity index (χ1) is 10.5. The highest BCUT2D eigenvalue weighted by molar-refractivity contribution is 5.82. The quantitative estimate of drug-likeness (QED) is 0.767. The van der Waals surface area contributed by atoms with Crippen LogP contribution < -0.4 is 5.32 Å². The normalized spacial score (nSPS) is 21.2. The topological polar surface area (TPSA) is 75.6 Å². The van der Waals surface area contributed by atoms with Crippen molar-refractivity contribution in [2.75, 3.05) is 13.2 Å². The number of hydrogen-bond donors (Lipinski definition) is 2. The van der Waals surface area contributed by atoms with Gasteiger partial charge in [-0.25, -0.2) is 0 Å².